The first-order chi connectivity index (χ1) is 15.2. The van der Waals surface area contributed by atoms with Gasteiger partial charge in [-0.1, -0.05) is 45.0 Å². The second kappa shape index (κ2) is 12.1. The number of benzene rings is 1. The molecule has 1 atom stereocenters. The van der Waals surface area contributed by atoms with Gasteiger partial charge in [0.1, 0.15) is 0 Å². The molecule has 1 unspecified atom stereocenters. The highest BCUT2D eigenvalue weighted by atomic mass is 16.7. The number of hydrogen-bond acceptors (Lipinski definition) is 5. The van der Waals surface area contributed by atoms with Gasteiger partial charge in [0, 0.05) is 39.1 Å². The van der Waals surface area contributed by atoms with Gasteiger partial charge in [0.05, 0.1) is 32.4 Å². The van der Waals surface area contributed by atoms with E-state index in [1.165, 1.54) is 5.56 Å². The van der Waals surface area contributed by atoms with Crippen LogP contribution >= 0.6 is 0 Å². The summed E-state index contributed by atoms with van der Waals surface area (Å²) >= 11 is 0. The summed E-state index contributed by atoms with van der Waals surface area (Å²) in [7, 11) is 5.09. The number of aromatic nitrogens is 2. The van der Waals surface area contributed by atoms with Gasteiger partial charge >= 0.3 is 0 Å². The summed E-state index contributed by atoms with van der Waals surface area (Å²) in [5.41, 5.74) is 3.38. The van der Waals surface area contributed by atoms with Gasteiger partial charge in [-0.3, -0.25) is 9.48 Å². The Morgan fingerprint density at radius 2 is 1.88 bits per heavy atom. The van der Waals surface area contributed by atoms with Gasteiger partial charge in [-0.05, 0) is 29.9 Å². The van der Waals surface area contributed by atoms with E-state index in [4.69, 9.17) is 14.2 Å². The maximum atomic E-state index is 13.0. The highest BCUT2D eigenvalue weighted by Gasteiger charge is 2.31. The molecule has 7 nitrogen and oxygen atoms in total. The smallest absolute Gasteiger partial charge is 0.225 e. The van der Waals surface area contributed by atoms with Crippen LogP contribution in [0.5, 0.6) is 0 Å². The average Bonchev–Trinajstić information content (AvgIpc) is 3.20. The van der Waals surface area contributed by atoms with Crippen molar-refractivity contribution >= 4 is 5.91 Å². The van der Waals surface area contributed by atoms with Gasteiger partial charge in [-0.25, -0.2) is 0 Å². The molecule has 0 aliphatic carbocycles. The Morgan fingerprint density at radius 3 is 2.47 bits per heavy atom. The maximum Gasteiger partial charge on any atom is 0.225 e. The standard InChI is InChI=1S/C25H39N3O4/c1-19(25(2,3)4)28(18-24(30-6)31-7)23(29)12-14-32-13-11-20-9-8-10-21(15-20)22-16-26-27(5)17-22/h8-10,15-17,19,24H,11-14,18H2,1-7H3. The van der Waals surface area contributed by atoms with Crippen molar-refractivity contribution in [2.45, 2.75) is 52.9 Å². The molecule has 178 valence electrons. The minimum atomic E-state index is -0.447. The Kier molecular flexibility index (Phi) is 9.87. The summed E-state index contributed by atoms with van der Waals surface area (Å²) in [5.74, 6) is 0.0464. The molecule has 2 rings (SSSR count). The quantitative estimate of drug-likeness (QED) is 0.366. The van der Waals surface area contributed by atoms with E-state index in [0.717, 1.165) is 17.5 Å². The lowest BCUT2D eigenvalue weighted by molar-refractivity contribution is -0.153. The second-order valence-electron chi connectivity index (χ2n) is 9.20. The van der Waals surface area contributed by atoms with Crippen molar-refractivity contribution in [1.29, 1.82) is 0 Å². The molecule has 0 aliphatic rings. The van der Waals surface area contributed by atoms with Crippen LogP contribution in [0.3, 0.4) is 0 Å². The fourth-order valence-electron chi connectivity index (χ4n) is 3.42. The number of carbonyl (C=O) groups is 1. The van der Waals surface area contributed by atoms with Crippen LogP contribution in [-0.4, -0.2) is 66.9 Å². The zero-order valence-corrected chi connectivity index (χ0v) is 20.6. The van der Waals surface area contributed by atoms with Gasteiger partial charge in [0.2, 0.25) is 5.91 Å². The molecule has 0 radical (unpaired) electrons. The van der Waals surface area contributed by atoms with Crippen LogP contribution in [0.2, 0.25) is 0 Å². The molecule has 0 aliphatic heterocycles. The molecule has 7 heteroatoms. The van der Waals surface area contributed by atoms with Crippen LogP contribution in [0, 0.1) is 5.41 Å². The molecule has 0 saturated heterocycles. The summed E-state index contributed by atoms with van der Waals surface area (Å²) in [6.07, 6.45) is 4.54. The molecular weight excluding hydrogens is 406 g/mol. The Balaban J connectivity index is 1.85. The zero-order chi connectivity index (χ0) is 23.7. The Bertz CT molecular complexity index is 840. The van der Waals surface area contributed by atoms with Gasteiger partial charge in [-0.15, -0.1) is 0 Å². The van der Waals surface area contributed by atoms with E-state index < -0.39 is 6.29 Å². The van der Waals surface area contributed by atoms with Crippen LogP contribution < -0.4 is 0 Å². The lowest BCUT2D eigenvalue weighted by Crippen LogP contribution is -2.49. The number of amides is 1. The van der Waals surface area contributed by atoms with Crippen molar-refractivity contribution in [3.8, 4) is 11.1 Å². The van der Waals surface area contributed by atoms with Crippen LogP contribution in [0.1, 0.15) is 39.7 Å². The average molecular weight is 446 g/mol. The first-order valence-electron chi connectivity index (χ1n) is 11.2. The van der Waals surface area contributed by atoms with Gasteiger partial charge < -0.3 is 19.1 Å². The van der Waals surface area contributed by atoms with Crippen molar-refractivity contribution in [1.82, 2.24) is 14.7 Å². The van der Waals surface area contributed by atoms with Crippen LogP contribution in [-0.2, 0) is 32.5 Å². The molecule has 1 aromatic carbocycles. The minimum Gasteiger partial charge on any atom is -0.381 e. The number of nitrogens with zero attached hydrogens (tertiary/aromatic N) is 3. The summed E-state index contributed by atoms with van der Waals surface area (Å²) in [6, 6.07) is 8.43. The Labute approximate surface area is 192 Å². The van der Waals surface area contributed by atoms with Crippen molar-refractivity contribution in [2.24, 2.45) is 12.5 Å². The van der Waals surface area contributed by atoms with Crippen molar-refractivity contribution in [2.75, 3.05) is 34.0 Å². The predicted molar refractivity (Wildman–Crippen MR) is 126 cm³/mol. The van der Waals surface area contributed by atoms with E-state index in [2.05, 4.69) is 57.1 Å². The number of ether oxygens (including phenoxy) is 3. The lowest BCUT2D eigenvalue weighted by atomic mass is 9.86. The lowest BCUT2D eigenvalue weighted by Gasteiger charge is -2.39. The topological polar surface area (TPSA) is 65.8 Å². The van der Waals surface area contributed by atoms with Crippen LogP contribution in [0.25, 0.3) is 11.1 Å². The molecule has 2 aromatic rings. The van der Waals surface area contributed by atoms with Gasteiger partial charge in [0.25, 0.3) is 0 Å². The van der Waals surface area contributed by atoms with Crippen molar-refractivity contribution < 1.29 is 19.0 Å². The first kappa shape index (κ1) is 26.0. The van der Waals surface area contributed by atoms with Gasteiger partial charge in [-0.2, -0.15) is 5.10 Å². The van der Waals surface area contributed by atoms with Crippen LogP contribution in [0.4, 0.5) is 0 Å². The Morgan fingerprint density at radius 1 is 1.16 bits per heavy atom. The molecule has 1 heterocycles. The third kappa shape index (κ3) is 7.73. The maximum absolute atomic E-state index is 13.0. The zero-order valence-electron chi connectivity index (χ0n) is 20.6. The van der Waals surface area contributed by atoms with E-state index in [-0.39, 0.29) is 17.4 Å². The molecular formula is C25H39N3O4. The number of rotatable bonds is 12. The monoisotopic (exact) mass is 445 g/mol. The molecule has 1 aromatic heterocycles. The SMILES string of the molecule is COC(CN(C(=O)CCOCCc1cccc(-c2cnn(C)c2)c1)C(C)C(C)(C)C)OC. The summed E-state index contributed by atoms with van der Waals surface area (Å²) < 4.78 is 18.3. The third-order valence-corrected chi connectivity index (χ3v) is 5.87. The number of methoxy groups -OCH3 is 2. The Hall–Kier alpha value is -2.22. The van der Waals surface area contributed by atoms with Crippen molar-refractivity contribution in [3.05, 3.63) is 42.2 Å². The fraction of sp³-hybridized carbons (Fsp3) is 0.600. The van der Waals surface area contributed by atoms with Crippen molar-refractivity contribution in [3.63, 3.8) is 0 Å². The number of aryl methyl sites for hydroxylation is 1. The summed E-state index contributed by atoms with van der Waals surface area (Å²) in [6.45, 7) is 9.80. The number of hydrogen-bond donors (Lipinski definition) is 0. The van der Waals surface area contributed by atoms with Crippen LogP contribution in [0.15, 0.2) is 36.7 Å². The van der Waals surface area contributed by atoms with E-state index in [1.54, 1.807) is 18.9 Å². The normalized spacial score (nSPS) is 12.9. The molecule has 1 amide bonds. The molecule has 0 fully saturated rings. The van der Waals surface area contributed by atoms with E-state index in [9.17, 15) is 4.79 Å². The van der Waals surface area contributed by atoms with E-state index >= 15 is 0 Å². The third-order valence-electron chi connectivity index (χ3n) is 5.87. The fourth-order valence-corrected chi connectivity index (χ4v) is 3.42. The molecule has 0 saturated carbocycles. The highest BCUT2D eigenvalue weighted by molar-refractivity contribution is 5.76. The largest absolute Gasteiger partial charge is 0.381 e. The number of carbonyl (C=O) groups excluding carboxylic acids is 1. The highest BCUT2D eigenvalue weighted by Crippen LogP contribution is 2.25. The van der Waals surface area contributed by atoms with Gasteiger partial charge in [0.15, 0.2) is 6.29 Å². The molecule has 32 heavy (non-hydrogen) atoms. The first-order valence-corrected chi connectivity index (χ1v) is 11.2. The molecule has 0 N–H and O–H groups in total. The minimum absolute atomic E-state index is 0.0398. The molecule has 0 bridgehead atoms. The van der Waals surface area contributed by atoms with E-state index in [0.29, 0.717) is 26.2 Å². The molecule has 0 spiro atoms. The second-order valence-corrected chi connectivity index (χ2v) is 9.20. The predicted octanol–water partition coefficient (Wildman–Crippen LogP) is 3.92. The van der Waals surface area contributed by atoms with E-state index in [1.807, 2.05) is 24.3 Å². The summed E-state index contributed by atoms with van der Waals surface area (Å²) in [5, 5.41) is 4.24. The summed E-state index contributed by atoms with van der Waals surface area (Å²) in [4.78, 5) is 14.8.